The van der Waals surface area contributed by atoms with Crippen molar-refractivity contribution < 1.29 is 5.21 Å². The Kier molecular flexibility index (Phi) is 3.41. The van der Waals surface area contributed by atoms with Crippen LogP contribution in [0, 0.1) is 5.21 Å². The van der Waals surface area contributed by atoms with Gasteiger partial charge >= 0.3 is 0 Å². The molecule has 21 heavy (non-hydrogen) atoms. The zero-order valence-electron chi connectivity index (χ0n) is 12.1. The summed E-state index contributed by atoms with van der Waals surface area (Å²) in [7, 11) is 0. The standard InChI is InChI=1S/C17H17N2O2/c1-3-18-16-7-5-4-6-14(16)15-11-13(8-9-17(15)18)10-12(2)19(20)21/h4-11,20H,3H2,1-2H3/q-1. The number of aryl methyl sites for hydroxylation is 1. The van der Waals surface area contributed by atoms with Gasteiger partial charge < -0.3 is 15.0 Å². The molecule has 0 saturated heterocycles. The molecule has 3 aromatic rings. The lowest BCUT2D eigenvalue weighted by Crippen LogP contribution is -2.05. The van der Waals surface area contributed by atoms with Crippen molar-refractivity contribution in [1.82, 2.24) is 9.79 Å². The van der Waals surface area contributed by atoms with Crippen LogP contribution in [0.15, 0.2) is 48.2 Å². The van der Waals surface area contributed by atoms with E-state index in [1.54, 1.807) is 13.0 Å². The first-order valence-corrected chi connectivity index (χ1v) is 6.97. The number of hydrogen-bond acceptors (Lipinski definition) is 3. The summed E-state index contributed by atoms with van der Waals surface area (Å²) in [6, 6.07) is 14.4. The van der Waals surface area contributed by atoms with Crippen LogP contribution in [0.25, 0.3) is 27.9 Å². The first-order chi connectivity index (χ1) is 10.1. The molecule has 0 spiro atoms. The Hall–Kier alpha value is -2.30. The van der Waals surface area contributed by atoms with Crippen molar-refractivity contribution in [3.8, 4) is 0 Å². The van der Waals surface area contributed by atoms with Gasteiger partial charge in [-0.1, -0.05) is 24.3 Å². The van der Waals surface area contributed by atoms with Crippen LogP contribution in [0.1, 0.15) is 19.4 Å². The van der Waals surface area contributed by atoms with E-state index in [-0.39, 0.29) is 10.9 Å². The van der Waals surface area contributed by atoms with E-state index < -0.39 is 0 Å². The average molecular weight is 281 g/mol. The van der Waals surface area contributed by atoms with Crippen LogP contribution in [-0.2, 0) is 6.54 Å². The number of aromatic nitrogens is 1. The molecule has 0 amide bonds. The molecule has 4 heteroatoms. The third-order valence-corrected chi connectivity index (χ3v) is 3.79. The van der Waals surface area contributed by atoms with Crippen molar-refractivity contribution in [3.63, 3.8) is 0 Å². The minimum absolute atomic E-state index is 0.112. The maximum Gasteiger partial charge on any atom is 0.0491 e. The molecule has 1 heterocycles. The maximum atomic E-state index is 10.9. The molecular formula is C17H17N2O2-. The molecule has 0 radical (unpaired) electrons. The van der Waals surface area contributed by atoms with Crippen LogP contribution in [0.3, 0.4) is 0 Å². The highest BCUT2D eigenvalue weighted by atomic mass is 16.8. The molecule has 4 nitrogen and oxygen atoms in total. The summed E-state index contributed by atoms with van der Waals surface area (Å²) >= 11 is 0. The summed E-state index contributed by atoms with van der Waals surface area (Å²) in [5.41, 5.74) is 3.54. The lowest BCUT2D eigenvalue weighted by atomic mass is 10.1. The van der Waals surface area contributed by atoms with Crippen LogP contribution in [0.4, 0.5) is 0 Å². The molecule has 3 rings (SSSR count). The number of rotatable bonds is 3. The zero-order chi connectivity index (χ0) is 15.0. The fourth-order valence-corrected chi connectivity index (χ4v) is 2.80. The predicted molar refractivity (Wildman–Crippen MR) is 85.8 cm³/mol. The molecule has 108 valence electrons. The van der Waals surface area contributed by atoms with Crippen molar-refractivity contribution in [2.45, 2.75) is 20.4 Å². The van der Waals surface area contributed by atoms with Gasteiger partial charge in [-0.3, -0.25) is 5.21 Å². The van der Waals surface area contributed by atoms with Gasteiger partial charge in [0.15, 0.2) is 0 Å². The second kappa shape index (κ2) is 5.24. The third-order valence-electron chi connectivity index (χ3n) is 3.79. The average Bonchev–Trinajstić information content (AvgIpc) is 2.80. The highest BCUT2D eigenvalue weighted by Gasteiger charge is 2.09. The van der Waals surface area contributed by atoms with E-state index in [9.17, 15) is 5.21 Å². The topological polar surface area (TPSA) is 51.5 Å². The van der Waals surface area contributed by atoms with E-state index in [0.717, 1.165) is 17.5 Å². The second-order valence-electron chi connectivity index (χ2n) is 5.10. The number of fused-ring (bicyclic) bond motifs is 3. The van der Waals surface area contributed by atoms with Gasteiger partial charge in [-0.25, -0.2) is 0 Å². The summed E-state index contributed by atoms with van der Waals surface area (Å²) in [5, 5.41) is 22.0. The van der Waals surface area contributed by atoms with Crippen molar-refractivity contribution >= 4 is 27.9 Å². The van der Waals surface area contributed by atoms with Gasteiger partial charge in [0.1, 0.15) is 0 Å². The number of hydrogen-bond donors (Lipinski definition) is 1. The van der Waals surface area contributed by atoms with Gasteiger partial charge in [-0.2, -0.15) is 0 Å². The van der Waals surface area contributed by atoms with Gasteiger partial charge in [0, 0.05) is 34.0 Å². The van der Waals surface area contributed by atoms with E-state index in [1.165, 1.54) is 16.4 Å². The van der Waals surface area contributed by atoms with Crippen LogP contribution in [0.2, 0.25) is 0 Å². The minimum atomic E-state index is -0.112. The number of para-hydroxylation sites is 1. The molecule has 0 aliphatic rings. The predicted octanol–water partition coefficient (Wildman–Crippen LogP) is 4.36. The second-order valence-corrected chi connectivity index (χ2v) is 5.10. The van der Waals surface area contributed by atoms with Crippen molar-refractivity contribution in [1.29, 1.82) is 0 Å². The highest BCUT2D eigenvalue weighted by Crippen LogP contribution is 2.30. The Bertz CT molecular complexity index is 831. The van der Waals surface area contributed by atoms with Gasteiger partial charge in [0.05, 0.1) is 0 Å². The van der Waals surface area contributed by atoms with Crippen LogP contribution in [-0.4, -0.2) is 15.0 Å². The fraction of sp³-hybridized carbons (Fsp3) is 0.176. The van der Waals surface area contributed by atoms with E-state index in [4.69, 9.17) is 5.21 Å². The van der Waals surface area contributed by atoms with E-state index >= 15 is 0 Å². The number of hydroxylamine groups is 2. The monoisotopic (exact) mass is 281 g/mol. The maximum absolute atomic E-state index is 10.9. The molecular weight excluding hydrogens is 264 g/mol. The molecule has 1 N–H and O–H groups in total. The molecule has 1 aromatic heterocycles. The van der Waals surface area contributed by atoms with Gasteiger partial charge in [0.2, 0.25) is 0 Å². The van der Waals surface area contributed by atoms with E-state index in [1.807, 2.05) is 18.2 Å². The van der Waals surface area contributed by atoms with Crippen molar-refractivity contribution in [3.05, 3.63) is 58.9 Å². The first-order valence-electron chi connectivity index (χ1n) is 6.97. The molecule has 0 unspecified atom stereocenters. The summed E-state index contributed by atoms with van der Waals surface area (Å²) in [5.74, 6) is 0. The Labute approximate surface area is 123 Å². The largest absolute Gasteiger partial charge is 0.734 e. The van der Waals surface area contributed by atoms with E-state index in [2.05, 4.69) is 35.8 Å². The Balaban J connectivity index is 2.27. The van der Waals surface area contributed by atoms with Crippen molar-refractivity contribution in [2.75, 3.05) is 0 Å². The molecule has 2 aromatic carbocycles. The lowest BCUT2D eigenvalue weighted by Gasteiger charge is -2.22. The fourth-order valence-electron chi connectivity index (χ4n) is 2.80. The zero-order valence-corrected chi connectivity index (χ0v) is 12.1. The van der Waals surface area contributed by atoms with Gasteiger partial charge in [0.25, 0.3) is 0 Å². The van der Waals surface area contributed by atoms with Crippen LogP contribution in [0.5, 0.6) is 0 Å². The SMILES string of the molecule is CCn1c2ccccc2c2cc(C=C(C)N([O-])O)ccc21. The summed E-state index contributed by atoms with van der Waals surface area (Å²) in [6.07, 6.45) is 1.67. The summed E-state index contributed by atoms with van der Waals surface area (Å²) in [6.45, 7) is 4.61. The normalized spacial score (nSPS) is 12.3. The Morgan fingerprint density at radius 2 is 1.90 bits per heavy atom. The van der Waals surface area contributed by atoms with Gasteiger partial charge in [-0.05, 0) is 43.7 Å². The summed E-state index contributed by atoms with van der Waals surface area (Å²) in [4.78, 5) is 0. The number of nitrogens with zero attached hydrogens (tertiary/aromatic N) is 2. The molecule has 0 saturated carbocycles. The first kappa shape index (κ1) is 13.7. The summed E-state index contributed by atoms with van der Waals surface area (Å²) < 4.78 is 2.27. The Morgan fingerprint density at radius 3 is 2.62 bits per heavy atom. The molecule has 0 aliphatic heterocycles. The highest BCUT2D eigenvalue weighted by molar-refractivity contribution is 6.08. The third kappa shape index (κ3) is 2.28. The lowest BCUT2D eigenvalue weighted by molar-refractivity contribution is -0.00186. The Morgan fingerprint density at radius 1 is 1.19 bits per heavy atom. The van der Waals surface area contributed by atoms with Crippen LogP contribution >= 0.6 is 0 Å². The number of allylic oxidation sites excluding steroid dienone is 1. The smallest absolute Gasteiger partial charge is 0.0491 e. The minimum Gasteiger partial charge on any atom is -0.734 e. The van der Waals surface area contributed by atoms with Crippen molar-refractivity contribution in [2.24, 2.45) is 0 Å². The number of benzene rings is 2. The molecule has 0 bridgehead atoms. The van der Waals surface area contributed by atoms with Crippen LogP contribution < -0.4 is 0 Å². The molecule has 0 atom stereocenters. The quantitative estimate of drug-likeness (QED) is 0.725. The van der Waals surface area contributed by atoms with Gasteiger partial charge in [-0.15, -0.1) is 0 Å². The van der Waals surface area contributed by atoms with E-state index in [0.29, 0.717) is 0 Å². The molecule has 0 fully saturated rings. The molecule has 0 aliphatic carbocycles.